The van der Waals surface area contributed by atoms with Crippen LogP contribution in [0.15, 0.2) is 18.2 Å². The summed E-state index contributed by atoms with van der Waals surface area (Å²) in [6, 6.07) is 3.87. The van der Waals surface area contributed by atoms with Crippen LogP contribution >= 0.6 is 0 Å². The van der Waals surface area contributed by atoms with E-state index in [1.54, 1.807) is 0 Å². The molecule has 1 aliphatic rings. The lowest BCUT2D eigenvalue weighted by molar-refractivity contribution is -0.384. The highest BCUT2D eigenvalue weighted by atomic mass is 19.1. The minimum atomic E-state index is -0.598. The SMILES string of the molecule is CC(CNc1ccc(F)cc1[N+](=O)[O-])N1CCN(C)CC1. The first-order valence-electron chi connectivity index (χ1n) is 7.08. The van der Waals surface area contributed by atoms with Crippen molar-refractivity contribution in [1.29, 1.82) is 0 Å². The first-order chi connectivity index (χ1) is 9.97. The smallest absolute Gasteiger partial charge is 0.295 e. The molecule has 0 spiro atoms. The van der Waals surface area contributed by atoms with Crippen LogP contribution in [-0.2, 0) is 0 Å². The second kappa shape index (κ2) is 6.82. The zero-order chi connectivity index (χ0) is 15.4. The van der Waals surface area contributed by atoms with Gasteiger partial charge in [0.2, 0.25) is 0 Å². The average molecular weight is 296 g/mol. The number of hydrogen-bond acceptors (Lipinski definition) is 5. The normalized spacial score (nSPS) is 18.4. The van der Waals surface area contributed by atoms with Gasteiger partial charge in [0.05, 0.1) is 11.0 Å². The van der Waals surface area contributed by atoms with Crippen molar-refractivity contribution in [3.8, 4) is 0 Å². The van der Waals surface area contributed by atoms with Gasteiger partial charge in [-0.3, -0.25) is 15.0 Å². The predicted octanol–water partition coefficient (Wildman–Crippen LogP) is 1.78. The lowest BCUT2D eigenvalue weighted by Gasteiger charge is -2.36. The molecule has 0 saturated carbocycles. The maximum absolute atomic E-state index is 13.1. The topological polar surface area (TPSA) is 61.7 Å². The Labute approximate surface area is 123 Å². The Morgan fingerprint density at radius 3 is 2.67 bits per heavy atom. The van der Waals surface area contributed by atoms with Gasteiger partial charge >= 0.3 is 0 Å². The maximum atomic E-state index is 13.1. The summed E-state index contributed by atoms with van der Waals surface area (Å²) in [6.45, 7) is 6.72. The van der Waals surface area contributed by atoms with Crippen LogP contribution in [0.3, 0.4) is 0 Å². The molecule has 0 amide bonds. The molecule has 1 heterocycles. The van der Waals surface area contributed by atoms with E-state index in [4.69, 9.17) is 0 Å². The largest absolute Gasteiger partial charge is 0.378 e. The Balaban J connectivity index is 1.95. The molecule has 21 heavy (non-hydrogen) atoms. The summed E-state index contributed by atoms with van der Waals surface area (Å²) in [6.07, 6.45) is 0. The molecule has 1 fully saturated rings. The molecule has 1 saturated heterocycles. The van der Waals surface area contributed by atoms with Crippen LogP contribution in [0.25, 0.3) is 0 Å². The highest BCUT2D eigenvalue weighted by molar-refractivity contribution is 5.61. The number of nitro benzene ring substituents is 1. The second-order valence-electron chi connectivity index (χ2n) is 5.49. The first kappa shape index (κ1) is 15.7. The molecule has 0 aliphatic carbocycles. The van der Waals surface area contributed by atoms with Crippen molar-refractivity contribution in [2.24, 2.45) is 0 Å². The number of nitrogens with zero attached hydrogens (tertiary/aromatic N) is 3. The van der Waals surface area contributed by atoms with Crippen molar-refractivity contribution in [3.63, 3.8) is 0 Å². The number of piperazine rings is 1. The number of rotatable bonds is 5. The zero-order valence-corrected chi connectivity index (χ0v) is 12.4. The third kappa shape index (κ3) is 4.12. The number of nitrogens with one attached hydrogen (secondary N) is 1. The van der Waals surface area contributed by atoms with Gasteiger partial charge in [-0.05, 0) is 26.1 Å². The van der Waals surface area contributed by atoms with Crippen LogP contribution in [0.4, 0.5) is 15.8 Å². The van der Waals surface area contributed by atoms with Gasteiger partial charge in [0.15, 0.2) is 0 Å². The summed E-state index contributed by atoms with van der Waals surface area (Å²) in [5.74, 6) is -0.598. The summed E-state index contributed by atoms with van der Waals surface area (Å²) >= 11 is 0. The molecule has 1 atom stereocenters. The number of anilines is 1. The van der Waals surface area contributed by atoms with Gasteiger partial charge in [0.25, 0.3) is 5.69 Å². The average Bonchev–Trinajstić information content (AvgIpc) is 2.46. The molecule has 2 rings (SSSR count). The van der Waals surface area contributed by atoms with E-state index in [0.29, 0.717) is 12.2 Å². The summed E-state index contributed by atoms with van der Waals surface area (Å²) in [5, 5.41) is 14.0. The van der Waals surface area contributed by atoms with Gasteiger partial charge in [-0.1, -0.05) is 0 Å². The molecule has 0 bridgehead atoms. The van der Waals surface area contributed by atoms with Crippen molar-refractivity contribution in [1.82, 2.24) is 9.80 Å². The van der Waals surface area contributed by atoms with E-state index >= 15 is 0 Å². The summed E-state index contributed by atoms with van der Waals surface area (Å²) in [7, 11) is 2.10. The van der Waals surface area contributed by atoms with E-state index in [1.807, 2.05) is 0 Å². The van der Waals surface area contributed by atoms with Gasteiger partial charge in [0.1, 0.15) is 11.5 Å². The van der Waals surface area contributed by atoms with E-state index in [9.17, 15) is 14.5 Å². The molecule has 1 aliphatic heterocycles. The van der Waals surface area contributed by atoms with Crippen LogP contribution < -0.4 is 5.32 Å². The lowest BCUT2D eigenvalue weighted by atomic mass is 10.2. The van der Waals surface area contributed by atoms with E-state index in [2.05, 4.69) is 29.1 Å². The fourth-order valence-corrected chi connectivity index (χ4v) is 2.45. The predicted molar refractivity (Wildman–Crippen MR) is 80.1 cm³/mol. The van der Waals surface area contributed by atoms with Crippen LogP contribution in [0.2, 0.25) is 0 Å². The fourth-order valence-electron chi connectivity index (χ4n) is 2.45. The van der Waals surface area contributed by atoms with E-state index < -0.39 is 10.7 Å². The van der Waals surface area contributed by atoms with Crippen molar-refractivity contribution < 1.29 is 9.31 Å². The summed E-state index contributed by atoms with van der Waals surface area (Å²) in [5.41, 5.74) is 0.142. The van der Waals surface area contributed by atoms with Crippen molar-refractivity contribution in [2.75, 3.05) is 45.1 Å². The first-order valence-corrected chi connectivity index (χ1v) is 7.08. The number of likely N-dealkylation sites (N-methyl/N-ethyl adjacent to an activating group) is 1. The van der Waals surface area contributed by atoms with Gasteiger partial charge in [0, 0.05) is 38.8 Å². The molecule has 7 heteroatoms. The third-order valence-corrected chi connectivity index (χ3v) is 3.91. The molecule has 116 valence electrons. The highest BCUT2D eigenvalue weighted by Crippen LogP contribution is 2.25. The Hall–Kier alpha value is -1.73. The monoisotopic (exact) mass is 296 g/mol. The third-order valence-electron chi connectivity index (χ3n) is 3.91. The molecule has 1 unspecified atom stereocenters. The lowest BCUT2D eigenvalue weighted by Crippen LogP contribution is -2.49. The Kier molecular flexibility index (Phi) is 5.08. The van der Waals surface area contributed by atoms with Gasteiger partial charge in [-0.2, -0.15) is 0 Å². The number of nitro groups is 1. The molecular weight excluding hydrogens is 275 g/mol. The molecule has 0 aromatic heterocycles. The van der Waals surface area contributed by atoms with Crippen molar-refractivity contribution in [2.45, 2.75) is 13.0 Å². The van der Waals surface area contributed by atoms with Crippen LogP contribution in [-0.4, -0.2) is 60.5 Å². The van der Waals surface area contributed by atoms with E-state index in [1.165, 1.54) is 12.1 Å². The van der Waals surface area contributed by atoms with Crippen molar-refractivity contribution in [3.05, 3.63) is 34.1 Å². The van der Waals surface area contributed by atoms with Gasteiger partial charge in [-0.25, -0.2) is 4.39 Å². The van der Waals surface area contributed by atoms with Crippen LogP contribution in [0.5, 0.6) is 0 Å². The van der Waals surface area contributed by atoms with Crippen molar-refractivity contribution >= 4 is 11.4 Å². The Bertz CT molecular complexity index is 504. The molecule has 1 aromatic carbocycles. The number of benzene rings is 1. The maximum Gasteiger partial charge on any atom is 0.295 e. The van der Waals surface area contributed by atoms with Gasteiger partial charge < -0.3 is 10.2 Å². The second-order valence-corrected chi connectivity index (χ2v) is 5.49. The van der Waals surface area contributed by atoms with E-state index in [0.717, 1.165) is 32.2 Å². The molecule has 6 nitrogen and oxygen atoms in total. The molecular formula is C14H21FN4O2. The summed E-state index contributed by atoms with van der Waals surface area (Å²) < 4.78 is 13.1. The van der Waals surface area contributed by atoms with Crippen LogP contribution in [0, 0.1) is 15.9 Å². The summed E-state index contributed by atoms with van der Waals surface area (Å²) in [4.78, 5) is 15.0. The fraction of sp³-hybridized carbons (Fsp3) is 0.571. The van der Waals surface area contributed by atoms with Gasteiger partial charge in [-0.15, -0.1) is 0 Å². The zero-order valence-electron chi connectivity index (χ0n) is 12.4. The quantitative estimate of drug-likeness (QED) is 0.663. The minimum absolute atomic E-state index is 0.222. The Morgan fingerprint density at radius 2 is 2.05 bits per heavy atom. The number of halogens is 1. The Morgan fingerprint density at radius 1 is 1.38 bits per heavy atom. The van der Waals surface area contributed by atoms with E-state index in [-0.39, 0.29) is 11.7 Å². The minimum Gasteiger partial charge on any atom is -0.378 e. The number of hydrogen-bond donors (Lipinski definition) is 1. The molecule has 1 aromatic rings. The molecule has 0 radical (unpaired) electrons. The molecule has 1 N–H and O–H groups in total. The van der Waals surface area contributed by atoms with Crippen LogP contribution in [0.1, 0.15) is 6.92 Å². The highest BCUT2D eigenvalue weighted by Gasteiger charge is 2.20. The standard InChI is InChI=1S/C14H21FN4O2/c1-11(18-7-5-17(2)6-8-18)10-16-13-4-3-12(15)9-14(13)19(20)21/h3-4,9,11,16H,5-8,10H2,1-2H3.